The summed E-state index contributed by atoms with van der Waals surface area (Å²) in [6.45, 7) is 0.794. The number of hydrogen-bond donors (Lipinski definition) is 1. The molecule has 2 heterocycles. The Morgan fingerprint density at radius 3 is 2.59 bits per heavy atom. The SMILES string of the molecule is Cn1cccc(C(=O)N2CCC(CNS(=O)(=O)c3cc(F)ccc3F)CC2)c1=O. The van der Waals surface area contributed by atoms with Gasteiger partial charge >= 0.3 is 0 Å². The van der Waals surface area contributed by atoms with Gasteiger partial charge in [0.1, 0.15) is 22.1 Å². The van der Waals surface area contributed by atoms with Gasteiger partial charge in [0.2, 0.25) is 10.0 Å². The fourth-order valence-corrected chi connectivity index (χ4v) is 4.46. The molecule has 0 unspecified atom stereocenters. The molecule has 1 aliphatic heterocycles. The molecule has 0 spiro atoms. The number of piperidine rings is 1. The summed E-state index contributed by atoms with van der Waals surface area (Å²) in [5, 5.41) is 0. The minimum Gasteiger partial charge on any atom is -0.338 e. The Bertz CT molecular complexity index is 1080. The molecule has 156 valence electrons. The molecule has 0 radical (unpaired) electrons. The second kappa shape index (κ2) is 8.42. The molecule has 10 heteroatoms. The molecule has 1 aromatic heterocycles. The fourth-order valence-electron chi connectivity index (χ4n) is 3.26. The van der Waals surface area contributed by atoms with Crippen LogP contribution in [0.25, 0.3) is 0 Å². The van der Waals surface area contributed by atoms with Gasteiger partial charge in [-0.3, -0.25) is 9.59 Å². The van der Waals surface area contributed by atoms with Gasteiger partial charge in [-0.2, -0.15) is 0 Å². The molecule has 1 saturated heterocycles. The maximum Gasteiger partial charge on any atom is 0.263 e. The lowest BCUT2D eigenvalue weighted by molar-refractivity contribution is 0.0689. The smallest absolute Gasteiger partial charge is 0.263 e. The van der Waals surface area contributed by atoms with Gasteiger partial charge in [-0.15, -0.1) is 0 Å². The van der Waals surface area contributed by atoms with Gasteiger partial charge in [-0.25, -0.2) is 21.9 Å². The summed E-state index contributed by atoms with van der Waals surface area (Å²) in [5.41, 5.74) is -0.278. The molecular formula is C19H21F2N3O4S. The number of pyridine rings is 1. The van der Waals surface area contributed by atoms with Gasteiger partial charge < -0.3 is 9.47 Å². The van der Waals surface area contributed by atoms with E-state index in [1.165, 1.54) is 10.6 Å². The summed E-state index contributed by atoms with van der Waals surface area (Å²) < 4.78 is 55.2. The highest BCUT2D eigenvalue weighted by Crippen LogP contribution is 2.20. The Morgan fingerprint density at radius 1 is 1.21 bits per heavy atom. The minimum atomic E-state index is -4.19. The number of hydrogen-bond acceptors (Lipinski definition) is 4. The highest BCUT2D eigenvalue weighted by molar-refractivity contribution is 7.89. The van der Waals surface area contributed by atoms with Crippen LogP contribution in [0.3, 0.4) is 0 Å². The van der Waals surface area contributed by atoms with Crippen molar-refractivity contribution in [1.29, 1.82) is 0 Å². The Labute approximate surface area is 167 Å². The maximum atomic E-state index is 13.7. The number of nitrogens with one attached hydrogen (secondary N) is 1. The molecular weight excluding hydrogens is 404 g/mol. The number of carbonyl (C=O) groups is 1. The molecule has 29 heavy (non-hydrogen) atoms. The van der Waals surface area contributed by atoms with E-state index in [-0.39, 0.29) is 29.5 Å². The number of aromatic nitrogens is 1. The molecule has 1 aromatic carbocycles. The maximum absolute atomic E-state index is 13.7. The quantitative estimate of drug-likeness (QED) is 0.786. The van der Waals surface area contributed by atoms with E-state index in [4.69, 9.17) is 0 Å². The third kappa shape index (κ3) is 4.70. The van der Waals surface area contributed by atoms with Gasteiger partial charge in [0.05, 0.1) is 0 Å². The van der Waals surface area contributed by atoms with Crippen molar-refractivity contribution in [3.8, 4) is 0 Å². The number of likely N-dealkylation sites (tertiary alicyclic amines) is 1. The molecule has 1 amide bonds. The monoisotopic (exact) mass is 425 g/mol. The number of sulfonamides is 1. The van der Waals surface area contributed by atoms with Crippen molar-refractivity contribution < 1.29 is 22.0 Å². The number of benzene rings is 1. The molecule has 7 nitrogen and oxygen atoms in total. The molecule has 2 aromatic rings. The van der Waals surface area contributed by atoms with E-state index < -0.39 is 26.6 Å². The zero-order valence-electron chi connectivity index (χ0n) is 15.8. The summed E-state index contributed by atoms with van der Waals surface area (Å²) in [6.07, 6.45) is 2.61. The van der Waals surface area contributed by atoms with Crippen LogP contribution in [-0.2, 0) is 17.1 Å². The summed E-state index contributed by atoms with van der Waals surface area (Å²) in [6, 6.07) is 5.36. The summed E-state index contributed by atoms with van der Waals surface area (Å²) >= 11 is 0. The number of halogens is 2. The molecule has 1 fully saturated rings. The lowest BCUT2D eigenvalue weighted by Crippen LogP contribution is -2.43. The summed E-state index contributed by atoms with van der Waals surface area (Å²) in [5.74, 6) is -2.29. The van der Waals surface area contributed by atoms with E-state index in [1.807, 2.05) is 0 Å². The first kappa shape index (κ1) is 21.1. The van der Waals surface area contributed by atoms with Crippen LogP contribution >= 0.6 is 0 Å². The van der Waals surface area contributed by atoms with Gasteiger partial charge in [-0.1, -0.05) is 0 Å². The van der Waals surface area contributed by atoms with Gasteiger partial charge in [0, 0.05) is 32.9 Å². The summed E-state index contributed by atoms with van der Waals surface area (Å²) in [7, 11) is -2.62. The number of rotatable bonds is 5. The molecule has 0 aliphatic carbocycles. The first-order valence-electron chi connectivity index (χ1n) is 9.08. The average Bonchev–Trinajstić information content (AvgIpc) is 2.70. The van der Waals surface area contributed by atoms with Gasteiger partial charge in [0.15, 0.2) is 0 Å². The van der Waals surface area contributed by atoms with Crippen molar-refractivity contribution in [1.82, 2.24) is 14.2 Å². The molecule has 1 N–H and O–H groups in total. The van der Waals surface area contributed by atoms with Crippen molar-refractivity contribution in [3.05, 3.63) is 64.1 Å². The van der Waals surface area contributed by atoms with E-state index in [2.05, 4.69) is 4.72 Å². The highest BCUT2D eigenvalue weighted by Gasteiger charge is 2.27. The van der Waals surface area contributed by atoms with Crippen LogP contribution in [0.15, 0.2) is 46.2 Å². The predicted molar refractivity (Wildman–Crippen MR) is 102 cm³/mol. The Morgan fingerprint density at radius 2 is 1.90 bits per heavy atom. The van der Waals surface area contributed by atoms with E-state index in [0.717, 1.165) is 12.1 Å². The molecule has 0 bridgehead atoms. The second-order valence-electron chi connectivity index (χ2n) is 7.00. The zero-order chi connectivity index (χ0) is 21.2. The Kier molecular flexibility index (Phi) is 6.13. The van der Waals surface area contributed by atoms with E-state index >= 15 is 0 Å². The predicted octanol–water partition coefficient (Wildman–Crippen LogP) is 1.49. The molecule has 1 aliphatic rings. The largest absolute Gasteiger partial charge is 0.338 e. The second-order valence-corrected chi connectivity index (χ2v) is 8.74. The first-order chi connectivity index (χ1) is 13.7. The van der Waals surface area contributed by atoms with E-state index in [9.17, 15) is 26.8 Å². The molecule has 3 rings (SSSR count). The average molecular weight is 425 g/mol. The Hall–Kier alpha value is -2.59. The number of aryl methyl sites for hydroxylation is 1. The van der Waals surface area contributed by atoms with E-state index in [0.29, 0.717) is 32.0 Å². The third-order valence-corrected chi connectivity index (χ3v) is 6.44. The van der Waals surface area contributed by atoms with Crippen molar-refractivity contribution in [2.45, 2.75) is 17.7 Å². The van der Waals surface area contributed by atoms with Crippen molar-refractivity contribution in [2.75, 3.05) is 19.6 Å². The number of amides is 1. The normalized spacial score (nSPS) is 15.5. The zero-order valence-corrected chi connectivity index (χ0v) is 16.6. The highest BCUT2D eigenvalue weighted by atomic mass is 32.2. The van der Waals surface area contributed by atoms with Gasteiger partial charge in [-0.05, 0) is 49.1 Å². The lowest BCUT2D eigenvalue weighted by Gasteiger charge is -2.32. The van der Waals surface area contributed by atoms with Crippen LogP contribution in [0.2, 0.25) is 0 Å². The topological polar surface area (TPSA) is 88.5 Å². The van der Waals surface area contributed by atoms with Crippen molar-refractivity contribution >= 4 is 15.9 Å². The standard InChI is InChI=1S/C19H21F2N3O4S/c1-23-8-2-3-15(18(23)25)19(26)24-9-6-13(7-10-24)12-22-29(27,28)17-11-14(20)4-5-16(17)21/h2-5,8,11,13,22H,6-7,9-10,12H2,1H3. The van der Waals surface area contributed by atoms with E-state index in [1.54, 1.807) is 24.2 Å². The van der Waals surface area contributed by atoms with Crippen LogP contribution < -0.4 is 10.3 Å². The van der Waals surface area contributed by atoms with Crippen LogP contribution in [0, 0.1) is 17.6 Å². The van der Waals surface area contributed by atoms with Crippen LogP contribution in [-0.4, -0.2) is 43.4 Å². The van der Waals surface area contributed by atoms with Crippen LogP contribution in [0.1, 0.15) is 23.2 Å². The lowest BCUT2D eigenvalue weighted by atomic mass is 9.97. The molecule has 0 saturated carbocycles. The first-order valence-corrected chi connectivity index (χ1v) is 10.6. The van der Waals surface area contributed by atoms with Crippen molar-refractivity contribution in [2.24, 2.45) is 13.0 Å². The third-order valence-electron chi connectivity index (χ3n) is 5.00. The fraction of sp³-hybridized carbons (Fsp3) is 0.368. The number of carbonyl (C=O) groups excluding carboxylic acids is 1. The molecule has 0 atom stereocenters. The minimum absolute atomic E-state index is 0.0490. The van der Waals surface area contributed by atoms with Crippen molar-refractivity contribution in [3.63, 3.8) is 0 Å². The van der Waals surface area contributed by atoms with Crippen LogP contribution in [0.5, 0.6) is 0 Å². The Balaban J connectivity index is 1.59. The van der Waals surface area contributed by atoms with Crippen LogP contribution in [0.4, 0.5) is 8.78 Å². The number of nitrogens with zero attached hydrogens (tertiary/aromatic N) is 2. The van der Waals surface area contributed by atoms with Gasteiger partial charge in [0.25, 0.3) is 11.5 Å². The summed E-state index contributed by atoms with van der Waals surface area (Å²) in [4.78, 5) is 25.5.